The lowest BCUT2D eigenvalue weighted by molar-refractivity contribution is -0.384. The quantitative estimate of drug-likeness (QED) is 0.384. The summed E-state index contributed by atoms with van der Waals surface area (Å²) in [4.78, 5) is 25.6. The first-order chi connectivity index (χ1) is 15.3. The molecule has 8 heteroatoms. The lowest BCUT2D eigenvalue weighted by Crippen LogP contribution is -2.34. The molecule has 0 aliphatic carbocycles. The molecule has 1 atom stereocenters. The summed E-state index contributed by atoms with van der Waals surface area (Å²) in [5.41, 5.74) is 2.04. The van der Waals surface area contributed by atoms with Crippen LogP contribution in [0.2, 0.25) is 0 Å². The molecule has 0 aliphatic rings. The van der Waals surface area contributed by atoms with Gasteiger partial charge >= 0.3 is 0 Å². The number of nitrogens with zero attached hydrogens (tertiary/aromatic N) is 2. The van der Waals surface area contributed by atoms with Crippen molar-refractivity contribution < 1.29 is 14.1 Å². The van der Waals surface area contributed by atoms with Crippen molar-refractivity contribution in [2.45, 2.75) is 12.6 Å². The highest BCUT2D eigenvalue weighted by Gasteiger charge is 2.20. The van der Waals surface area contributed by atoms with E-state index in [1.165, 1.54) is 24.3 Å². The molecule has 7 nitrogen and oxygen atoms in total. The number of likely N-dealkylation sites (N-methyl/N-ethyl adjacent to an activating group) is 1. The summed E-state index contributed by atoms with van der Waals surface area (Å²) >= 11 is 0. The van der Waals surface area contributed by atoms with Crippen LogP contribution in [0.3, 0.4) is 0 Å². The molecule has 166 valence electrons. The van der Waals surface area contributed by atoms with Gasteiger partial charge in [0.1, 0.15) is 11.5 Å². The molecular weight excluding hydrogens is 411 g/mol. The number of anilines is 1. The van der Waals surface area contributed by atoms with Crippen LogP contribution in [0.1, 0.15) is 27.5 Å². The van der Waals surface area contributed by atoms with Gasteiger partial charge < -0.3 is 15.5 Å². The first-order valence-corrected chi connectivity index (χ1v) is 10.1. The lowest BCUT2D eigenvalue weighted by Gasteiger charge is -2.25. The van der Waals surface area contributed by atoms with Crippen molar-refractivity contribution in [3.8, 4) is 0 Å². The highest BCUT2D eigenvalue weighted by Crippen LogP contribution is 2.26. The van der Waals surface area contributed by atoms with Crippen LogP contribution in [0, 0.1) is 15.9 Å². The van der Waals surface area contributed by atoms with Crippen molar-refractivity contribution in [2.75, 3.05) is 26.0 Å². The fourth-order valence-electron chi connectivity index (χ4n) is 3.37. The Kier molecular flexibility index (Phi) is 7.51. The topological polar surface area (TPSA) is 87.5 Å². The van der Waals surface area contributed by atoms with E-state index in [-0.39, 0.29) is 29.7 Å². The average molecular weight is 436 g/mol. The Labute approximate surface area is 186 Å². The molecule has 0 aliphatic heterocycles. The summed E-state index contributed by atoms with van der Waals surface area (Å²) in [6.07, 6.45) is 0. The Morgan fingerprint density at radius 3 is 2.47 bits per heavy atom. The van der Waals surface area contributed by atoms with Gasteiger partial charge in [-0.15, -0.1) is 0 Å². The molecule has 3 rings (SSSR count). The third kappa shape index (κ3) is 5.89. The number of hydrogen-bond donors (Lipinski definition) is 2. The molecule has 1 amide bonds. The van der Waals surface area contributed by atoms with E-state index in [0.717, 1.165) is 11.1 Å². The minimum absolute atomic E-state index is 0.178. The van der Waals surface area contributed by atoms with Gasteiger partial charge in [0.15, 0.2) is 0 Å². The number of halogens is 1. The van der Waals surface area contributed by atoms with E-state index in [4.69, 9.17) is 0 Å². The number of hydrogen-bond acceptors (Lipinski definition) is 5. The third-order valence-corrected chi connectivity index (χ3v) is 5.10. The van der Waals surface area contributed by atoms with Crippen LogP contribution >= 0.6 is 0 Å². The number of amides is 1. The fourth-order valence-corrected chi connectivity index (χ4v) is 3.37. The molecule has 0 radical (unpaired) electrons. The number of nitro benzene ring substituents is 1. The van der Waals surface area contributed by atoms with Crippen molar-refractivity contribution in [1.82, 2.24) is 10.2 Å². The summed E-state index contributed by atoms with van der Waals surface area (Å²) in [5, 5.41) is 17.4. The molecule has 32 heavy (non-hydrogen) atoms. The Morgan fingerprint density at radius 1 is 1.06 bits per heavy atom. The second-order valence-electron chi connectivity index (χ2n) is 7.57. The molecule has 2 N–H and O–H groups in total. The zero-order chi connectivity index (χ0) is 23.1. The van der Waals surface area contributed by atoms with E-state index in [2.05, 4.69) is 10.6 Å². The van der Waals surface area contributed by atoms with E-state index >= 15 is 0 Å². The van der Waals surface area contributed by atoms with Crippen LogP contribution in [0.4, 0.5) is 15.8 Å². The largest absolute Gasteiger partial charge is 0.375 e. The maximum atomic E-state index is 13.6. The number of nitro groups is 1. The molecule has 3 aromatic rings. The molecule has 3 aromatic carbocycles. The average Bonchev–Trinajstić information content (AvgIpc) is 2.78. The number of nitrogens with one attached hydrogen (secondary N) is 2. The zero-order valence-corrected chi connectivity index (χ0v) is 17.9. The van der Waals surface area contributed by atoms with Crippen LogP contribution in [-0.2, 0) is 6.54 Å². The second kappa shape index (κ2) is 10.5. The van der Waals surface area contributed by atoms with Crippen LogP contribution in [0.15, 0.2) is 72.8 Å². The molecule has 0 spiro atoms. The van der Waals surface area contributed by atoms with E-state index < -0.39 is 10.8 Å². The normalized spacial score (nSPS) is 11.8. The van der Waals surface area contributed by atoms with E-state index in [1.54, 1.807) is 18.2 Å². The molecule has 0 heterocycles. The minimum Gasteiger partial charge on any atom is -0.375 e. The molecule has 0 fully saturated rings. The summed E-state index contributed by atoms with van der Waals surface area (Å²) in [5.74, 6) is -0.791. The molecular formula is C24H25FN4O3. The van der Waals surface area contributed by atoms with Crippen molar-refractivity contribution >= 4 is 17.3 Å². The number of carbonyl (C=O) groups is 1. The first-order valence-electron chi connectivity index (χ1n) is 10.1. The molecule has 0 saturated carbocycles. The fraction of sp³-hybridized carbons (Fsp3) is 0.208. The summed E-state index contributed by atoms with van der Waals surface area (Å²) in [6.45, 7) is 0.641. The molecule has 0 bridgehead atoms. The highest BCUT2D eigenvalue weighted by molar-refractivity contribution is 5.95. The Morgan fingerprint density at radius 2 is 1.81 bits per heavy atom. The molecule has 1 unspecified atom stereocenters. The van der Waals surface area contributed by atoms with Crippen molar-refractivity contribution in [2.24, 2.45) is 0 Å². The maximum Gasteiger partial charge on any atom is 0.293 e. The minimum atomic E-state index is -0.514. The van der Waals surface area contributed by atoms with Gasteiger partial charge in [0, 0.05) is 24.7 Å². The van der Waals surface area contributed by atoms with E-state index in [9.17, 15) is 19.3 Å². The van der Waals surface area contributed by atoms with Gasteiger partial charge in [-0.3, -0.25) is 14.9 Å². The zero-order valence-electron chi connectivity index (χ0n) is 17.9. The number of rotatable bonds is 9. The Bertz CT molecular complexity index is 1090. The van der Waals surface area contributed by atoms with Gasteiger partial charge in [-0.1, -0.05) is 42.5 Å². The van der Waals surface area contributed by atoms with E-state index in [1.807, 2.05) is 49.3 Å². The molecule has 0 aromatic heterocycles. The van der Waals surface area contributed by atoms with Gasteiger partial charge in [0.2, 0.25) is 0 Å². The highest BCUT2D eigenvalue weighted by atomic mass is 19.1. The van der Waals surface area contributed by atoms with Crippen LogP contribution in [0.5, 0.6) is 0 Å². The van der Waals surface area contributed by atoms with Gasteiger partial charge in [-0.05, 0) is 49.5 Å². The standard InChI is InChI=1S/C24H25FN4O3/c1-28(2)23(18-9-6-10-20(25)13-18)16-27-24(30)19-11-12-21(22(14-19)29(31)32)26-15-17-7-4-3-5-8-17/h3-14,23,26H,15-16H2,1-2H3,(H,27,30). The van der Waals surface area contributed by atoms with Gasteiger partial charge in [-0.2, -0.15) is 0 Å². The van der Waals surface area contributed by atoms with Crippen LogP contribution < -0.4 is 10.6 Å². The van der Waals surface area contributed by atoms with Crippen LogP contribution in [-0.4, -0.2) is 36.4 Å². The van der Waals surface area contributed by atoms with Gasteiger partial charge in [-0.25, -0.2) is 4.39 Å². The summed E-state index contributed by atoms with van der Waals surface area (Å²) in [6, 6.07) is 19.8. The van der Waals surface area contributed by atoms with Crippen molar-refractivity contribution in [3.05, 3.63) is 105 Å². The maximum absolute atomic E-state index is 13.6. The first kappa shape index (κ1) is 22.9. The predicted octanol–water partition coefficient (Wildman–Crippen LogP) is 4.38. The lowest BCUT2D eigenvalue weighted by atomic mass is 10.1. The third-order valence-electron chi connectivity index (χ3n) is 5.10. The predicted molar refractivity (Wildman–Crippen MR) is 122 cm³/mol. The monoisotopic (exact) mass is 436 g/mol. The number of carbonyl (C=O) groups excluding carboxylic acids is 1. The second-order valence-corrected chi connectivity index (χ2v) is 7.57. The van der Waals surface area contributed by atoms with Crippen molar-refractivity contribution in [3.63, 3.8) is 0 Å². The van der Waals surface area contributed by atoms with Gasteiger partial charge in [0.05, 0.1) is 11.0 Å². The van der Waals surface area contributed by atoms with E-state index in [0.29, 0.717) is 12.2 Å². The Balaban J connectivity index is 1.71. The summed E-state index contributed by atoms with van der Waals surface area (Å²) in [7, 11) is 3.67. The van der Waals surface area contributed by atoms with Crippen LogP contribution in [0.25, 0.3) is 0 Å². The summed E-state index contributed by atoms with van der Waals surface area (Å²) < 4.78 is 13.6. The van der Waals surface area contributed by atoms with Crippen molar-refractivity contribution in [1.29, 1.82) is 0 Å². The SMILES string of the molecule is CN(C)C(CNC(=O)c1ccc(NCc2ccccc2)c([N+](=O)[O-])c1)c1cccc(F)c1. The molecule has 0 saturated heterocycles. The number of benzene rings is 3. The van der Waals surface area contributed by atoms with Gasteiger partial charge in [0.25, 0.3) is 11.6 Å². The Hall–Kier alpha value is -3.78. The smallest absolute Gasteiger partial charge is 0.293 e.